The van der Waals surface area contributed by atoms with Crippen molar-refractivity contribution in [3.8, 4) is 5.88 Å². The van der Waals surface area contributed by atoms with Crippen LogP contribution in [0.3, 0.4) is 0 Å². The van der Waals surface area contributed by atoms with Crippen molar-refractivity contribution in [1.29, 1.82) is 0 Å². The van der Waals surface area contributed by atoms with Gasteiger partial charge < -0.3 is 9.84 Å². The fourth-order valence-electron chi connectivity index (χ4n) is 0.973. The molecule has 0 aliphatic heterocycles. The van der Waals surface area contributed by atoms with Gasteiger partial charge in [-0.3, -0.25) is 10.1 Å². The highest BCUT2D eigenvalue weighted by atomic mass is 16.6. The van der Waals surface area contributed by atoms with Gasteiger partial charge in [-0.2, -0.15) is 0 Å². The van der Waals surface area contributed by atoms with E-state index in [-0.39, 0.29) is 5.88 Å². The Hall–Kier alpha value is -2.18. The number of carbonyl (C=O) groups is 1. The molecule has 80 valence electrons. The molecule has 0 atom stereocenters. The zero-order valence-electron chi connectivity index (χ0n) is 7.84. The monoisotopic (exact) mass is 212 g/mol. The van der Waals surface area contributed by atoms with Crippen LogP contribution < -0.4 is 4.74 Å². The first-order valence-electron chi connectivity index (χ1n) is 4.06. The molecule has 0 aromatic carbocycles. The lowest BCUT2D eigenvalue weighted by Gasteiger charge is -2.02. The van der Waals surface area contributed by atoms with Crippen molar-refractivity contribution in [2.24, 2.45) is 0 Å². The Kier molecular flexibility index (Phi) is 3.17. The molecule has 0 unspecified atom stereocenters. The normalized spacial score (nSPS) is 9.67. The van der Waals surface area contributed by atoms with Crippen LogP contribution in [-0.4, -0.2) is 27.6 Å². The standard InChI is InChI=1S/C8H8N2O5/c1-2-15-7-3-5(8(11)12)6(4-9-7)10(13)14/h3-4H,2H2,1H3,(H,11,12). The molecule has 0 bridgehead atoms. The third-order valence-corrected chi connectivity index (χ3v) is 1.58. The molecule has 0 fully saturated rings. The zero-order chi connectivity index (χ0) is 11.4. The third-order valence-electron chi connectivity index (χ3n) is 1.58. The molecule has 0 saturated carbocycles. The molecular formula is C8H8N2O5. The van der Waals surface area contributed by atoms with Gasteiger partial charge in [0.2, 0.25) is 5.88 Å². The van der Waals surface area contributed by atoms with Crippen LogP contribution in [0.2, 0.25) is 0 Å². The second-order valence-corrected chi connectivity index (χ2v) is 2.53. The summed E-state index contributed by atoms with van der Waals surface area (Å²) < 4.78 is 4.93. The van der Waals surface area contributed by atoms with Crippen LogP contribution in [0.1, 0.15) is 17.3 Å². The average Bonchev–Trinajstić information content (AvgIpc) is 2.17. The number of hydrogen-bond acceptors (Lipinski definition) is 5. The van der Waals surface area contributed by atoms with Gasteiger partial charge in [0.1, 0.15) is 11.8 Å². The van der Waals surface area contributed by atoms with E-state index in [4.69, 9.17) is 9.84 Å². The summed E-state index contributed by atoms with van der Waals surface area (Å²) in [4.78, 5) is 24.0. The number of pyridine rings is 1. The lowest BCUT2D eigenvalue weighted by Crippen LogP contribution is -2.05. The van der Waals surface area contributed by atoms with Crippen LogP contribution >= 0.6 is 0 Å². The first-order chi connectivity index (χ1) is 7.06. The molecule has 1 aromatic heterocycles. The predicted octanol–water partition coefficient (Wildman–Crippen LogP) is 1.09. The highest BCUT2D eigenvalue weighted by molar-refractivity contribution is 5.92. The van der Waals surface area contributed by atoms with Crippen LogP contribution in [0.4, 0.5) is 5.69 Å². The van der Waals surface area contributed by atoms with Crippen LogP contribution in [0, 0.1) is 10.1 Å². The Bertz CT molecular complexity index is 404. The summed E-state index contributed by atoms with van der Waals surface area (Å²) in [7, 11) is 0. The van der Waals surface area contributed by atoms with Gasteiger partial charge >= 0.3 is 11.7 Å². The van der Waals surface area contributed by atoms with Crippen molar-refractivity contribution in [2.75, 3.05) is 6.61 Å². The molecule has 0 saturated heterocycles. The van der Waals surface area contributed by atoms with E-state index in [9.17, 15) is 14.9 Å². The highest BCUT2D eigenvalue weighted by Gasteiger charge is 2.21. The Morgan fingerprint density at radius 2 is 2.40 bits per heavy atom. The first-order valence-corrected chi connectivity index (χ1v) is 4.06. The summed E-state index contributed by atoms with van der Waals surface area (Å²) in [6, 6.07) is 1.03. The number of aromatic nitrogens is 1. The summed E-state index contributed by atoms with van der Waals surface area (Å²) in [5.74, 6) is -1.33. The fourth-order valence-corrected chi connectivity index (χ4v) is 0.973. The van der Waals surface area contributed by atoms with E-state index < -0.39 is 22.1 Å². The second-order valence-electron chi connectivity index (χ2n) is 2.53. The van der Waals surface area contributed by atoms with Gasteiger partial charge in [-0.1, -0.05) is 0 Å². The molecule has 1 heterocycles. The Balaban J connectivity index is 3.21. The van der Waals surface area contributed by atoms with Gasteiger partial charge in [0.05, 0.1) is 11.5 Å². The minimum Gasteiger partial charge on any atom is -0.478 e. The largest absolute Gasteiger partial charge is 0.478 e. The van der Waals surface area contributed by atoms with E-state index in [1.165, 1.54) is 0 Å². The molecule has 7 heteroatoms. The lowest BCUT2D eigenvalue weighted by molar-refractivity contribution is -0.385. The van der Waals surface area contributed by atoms with Gasteiger partial charge in [0.15, 0.2) is 0 Å². The predicted molar refractivity (Wildman–Crippen MR) is 49.0 cm³/mol. The summed E-state index contributed by atoms with van der Waals surface area (Å²) in [6.07, 6.45) is 0.869. The Morgan fingerprint density at radius 1 is 1.73 bits per heavy atom. The van der Waals surface area contributed by atoms with Gasteiger partial charge in [-0.25, -0.2) is 9.78 Å². The minimum atomic E-state index is -1.38. The highest BCUT2D eigenvalue weighted by Crippen LogP contribution is 2.21. The van der Waals surface area contributed by atoms with Gasteiger partial charge in [-0.15, -0.1) is 0 Å². The van der Waals surface area contributed by atoms with Crippen molar-refractivity contribution in [3.05, 3.63) is 27.9 Å². The van der Waals surface area contributed by atoms with Crippen molar-refractivity contribution in [1.82, 2.24) is 4.98 Å². The molecule has 0 aliphatic carbocycles. The SMILES string of the molecule is CCOc1cc(C(=O)O)c([N+](=O)[O-])cn1. The van der Waals surface area contributed by atoms with Gasteiger partial charge in [0.25, 0.3) is 0 Å². The summed E-state index contributed by atoms with van der Waals surface area (Å²) >= 11 is 0. The van der Waals surface area contributed by atoms with Crippen molar-refractivity contribution < 1.29 is 19.6 Å². The molecule has 0 amide bonds. The molecular weight excluding hydrogens is 204 g/mol. The van der Waals surface area contributed by atoms with Crippen LogP contribution in [-0.2, 0) is 0 Å². The molecule has 0 radical (unpaired) electrons. The summed E-state index contributed by atoms with van der Waals surface area (Å²) in [5, 5.41) is 19.2. The van der Waals surface area contributed by atoms with E-state index in [1.54, 1.807) is 6.92 Å². The Morgan fingerprint density at radius 3 is 2.87 bits per heavy atom. The number of hydrogen-bond donors (Lipinski definition) is 1. The number of rotatable bonds is 4. The average molecular weight is 212 g/mol. The van der Waals surface area contributed by atoms with Crippen LogP contribution in [0.15, 0.2) is 12.3 Å². The second kappa shape index (κ2) is 4.36. The topological polar surface area (TPSA) is 103 Å². The lowest BCUT2D eigenvalue weighted by atomic mass is 10.2. The third kappa shape index (κ3) is 2.39. The smallest absolute Gasteiger partial charge is 0.342 e. The molecule has 15 heavy (non-hydrogen) atoms. The number of carboxylic acid groups (broad SMARTS) is 1. The van der Waals surface area contributed by atoms with E-state index in [0.29, 0.717) is 6.61 Å². The maximum absolute atomic E-state index is 10.7. The van der Waals surface area contributed by atoms with Crippen molar-refractivity contribution in [2.45, 2.75) is 6.92 Å². The number of carboxylic acids is 1. The van der Waals surface area contributed by atoms with E-state index >= 15 is 0 Å². The maximum Gasteiger partial charge on any atom is 0.342 e. The molecule has 7 nitrogen and oxygen atoms in total. The Labute approximate surface area is 84.5 Å². The molecule has 1 aromatic rings. The fraction of sp³-hybridized carbons (Fsp3) is 0.250. The maximum atomic E-state index is 10.7. The van der Waals surface area contributed by atoms with E-state index in [0.717, 1.165) is 12.3 Å². The molecule has 1 N–H and O–H groups in total. The van der Waals surface area contributed by atoms with E-state index in [2.05, 4.69) is 4.98 Å². The zero-order valence-corrected chi connectivity index (χ0v) is 7.84. The van der Waals surface area contributed by atoms with E-state index in [1.807, 2.05) is 0 Å². The number of nitrogens with zero attached hydrogens (tertiary/aromatic N) is 2. The summed E-state index contributed by atoms with van der Waals surface area (Å²) in [5.41, 5.74) is -0.982. The first kappa shape index (κ1) is 10.9. The van der Waals surface area contributed by atoms with Crippen LogP contribution in [0.25, 0.3) is 0 Å². The summed E-state index contributed by atoms with van der Waals surface area (Å²) in [6.45, 7) is 2.01. The van der Waals surface area contributed by atoms with Crippen LogP contribution in [0.5, 0.6) is 5.88 Å². The minimum absolute atomic E-state index is 0.0560. The number of aromatic carboxylic acids is 1. The number of nitro groups is 1. The quantitative estimate of drug-likeness (QED) is 0.591. The van der Waals surface area contributed by atoms with Crippen molar-refractivity contribution in [3.63, 3.8) is 0 Å². The van der Waals surface area contributed by atoms with Gasteiger partial charge in [0, 0.05) is 6.07 Å². The molecule has 0 aliphatic rings. The van der Waals surface area contributed by atoms with Crippen molar-refractivity contribution >= 4 is 11.7 Å². The number of ether oxygens (including phenoxy) is 1. The molecule has 0 spiro atoms. The van der Waals surface area contributed by atoms with Gasteiger partial charge in [-0.05, 0) is 6.92 Å². The molecule has 1 rings (SSSR count).